The van der Waals surface area contributed by atoms with Crippen molar-refractivity contribution in [2.45, 2.75) is 6.42 Å². The molecule has 0 aliphatic carbocycles. The lowest BCUT2D eigenvalue weighted by atomic mass is 10.2. The third-order valence-corrected chi connectivity index (χ3v) is 6.72. The number of piperazine rings is 1. The number of aryl methyl sites for hydroxylation is 1. The molecule has 2 aliphatic heterocycles. The highest BCUT2D eigenvalue weighted by Crippen LogP contribution is 2.35. The summed E-state index contributed by atoms with van der Waals surface area (Å²) in [5, 5.41) is 0. The van der Waals surface area contributed by atoms with Crippen LogP contribution >= 0.6 is 0 Å². The van der Waals surface area contributed by atoms with Crippen LogP contribution in [0.2, 0.25) is 0 Å². The Bertz CT molecular complexity index is 862. The van der Waals surface area contributed by atoms with Gasteiger partial charge in [0, 0.05) is 37.9 Å². The summed E-state index contributed by atoms with van der Waals surface area (Å²) in [5.41, 5.74) is 2.09. The van der Waals surface area contributed by atoms with E-state index in [0.29, 0.717) is 32.6 Å². The topological polar surface area (TPSA) is 59.1 Å². The van der Waals surface area contributed by atoms with E-state index < -0.39 is 10.0 Å². The van der Waals surface area contributed by atoms with Crippen molar-refractivity contribution in [2.75, 3.05) is 43.6 Å². The molecule has 0 bridgehead atoms. The van der Waals surface area contributed by atoms with Crippen LogP contribution in [0.15, 0.2) is 48.5 Å². The van der Waals surface area contributed by atoms with Gasteiger partial charge in [-0.25, -0.2) is 8.42 Å². The Labute approximate surface area is 154 Å². The molecule has 0 N–H and O–H groups in total. The molecule has 7 heteroatoms. The third-order valence-electron chi connectivity index (χ3n) is 4.84. The van der Waals surface area contributed by atoms with Crippen LogP contribution in [0.5, 0.6) is 11.5 Å². The normalized spacial score (nSPS) is 17.5. The Kier molecular flexibility index (Phi) is 4.74. The highest BCUT2D eigenvalue weighted by molar-refractivity contribution is 7.89. The minimum absolute atomic E-state index is 0.154. The van der Waals surface area contributed by atoms with Crippen molar-refractivity contribution in [2.24, 2.45) is 0 Å². The van der Waals surface area contributed by atoms with Crippen LogP contribution in [-0.4, -0.2) is 51.4 Å². The number of fused-ring (bicyclic) bond motifs is 1. The standard InChI is InChI=1S/C19H22N2O4S/c22-26(23,13-8-16-4-2-1-3-5-16)21-11-9-20(10-12-21)17-6-7-18-19(14-17)25-15-24-18/h1-7,14H,8-13,15H2. The van der Waals surface area contributed by atoms with Crippen molar-refractivity contribution < 1.29 is 17.9 Å². The van der Waals surface area contributed by atoms with Gasteiger partial charge in [0.1, 0.15) is 0 Å². The number of ether oxygens (including phenoxy) is 2. The highest BCUT2D eigenvalue weighted by Gasteiger charge is 2.27. The molecule has 0 atom stereocenters. The second-order valence-corrected chi connectivity index (χ2v) is 8.56. The van der Waals surface area contributed by atoms with Crippen LogP contribution in [0.25, 0.3) is 0 Å². The van der Waals surface area contributed by atoms with Crippen molar-refractivity contribution in [3.63, 3.8) is 0 Å². The molecule has 0 unspecified atom stereocenters. The summed E-state index contributed by atoms with van der Waals surface area (Å²) in [6.45, 7) is 2.61. The summed E-state index contributed by atoms with van der Waals surface area (Å²) in [7, 11) is -3.23. The summed E-state index contributed by atoms with van der Waals surface area (Å²) in [6.07, 6.45) is 0.547. The minimum Gasteiger partial charge on any atom is -0.454 e. The molecule has 0 radical (unpaired) electrons. The number of nitrogens with zero attached hydrogens (tertiary/aromatic N) is 2. The molecule has 0 amide bonds. The molecular formula is C19H22N2O4S. The van der Waals surface area contributed by atoms with E-state index in [4.69, 9.17) is 9.47 Å². The number of sulfonamides is 1. The highest BCUT2D eigenvalue weighted by atomic mass is 32.2. The average molecular weight is 374 g/mol. The maximum Gasteiger partial charge on any atom is 0.231 e. The largest absolute Gasteiger partial charge is 0.454 e. The molecular weight excluding hydrogens is 352 g/mol. The van der Waals surface area contributed by atoms with Gasteiger partial charge in [-0.05, 0) is 24.1 Å². The number of rotatable bonds is 5. The maximum atomic E-state index is 12.6. The van der Waals surface area contributed by atoms with E-state index >= 15 is 0 Å². The van der Waals surface area contributed by atoms with E-state index in [1.807, 2.05) is 48.5 Å². The van der Waals surface area contributed by atoms with Crippen molar-refractivity contribution >= 4 is 15.7 Å². The Hall–Kier alpha value is -2.25. The molecule has 2 aliphatic rings. The van der Waals surface area contributed by atoms with Crippen LogP contribution in [0.3, 0.4) is 0 Å². The van der Waals surface area contributed by atoms with E-state index in [9.17, 15) is 8.42 Å². The molecule has 0 saturated carbocycles. The fourth-order valence-corrected chi connectivity index (χ4v) is 4.80. The summed E-state index contributed by atoms with van der Waals surface area (Å²) in [6, 6.07) is 15.6. The number of hydrogen-bond donors (Lipinski definition) is 0. The molecule has 26 heavy (non-hydrogen) atoms. The third kappa shape index (κ3) is 3.64. The van der Waals surface area contributed by atoms with Gasteiger partial charge in [0.05, 0.1) is 5.75 Å². The molecule has 6 nitrogen and oxygen atoms in total. The molecule has 2 aromatic carbocycles. The predicted molar refractivity (Wildman–Crippen MR) is 100 cm³/mol. The van der Waals surface area contributed by atoms with Gasteiger partial charge < -0.3 is 14.4 Å². The lowest BCUT2D eigenvalue weighted by molar-refractivity contribution is 0.174. The maximum absolute atomic E-state index is 12.6. The molecule has 1 saturated heterocycles. The zero-order valence-corrected chi connectivity index (χ0v) is 15.3. The smallest absolute Gasteiger partial charge is 0.231 e. The Morgan fingerprint density at radius 1 is 0.885 bits per heavy atom. The first-order chi connectivity index (χ1) is 12.6. The minimum atomic E-state index is -3.23. The Balaban J connectivity index is 1.35. The quantitative estimate of drug-likeness (QED) is 0.802. The van der Waals surface area contributed by atoms with E-state index in [-0.39, 0.29) is 12.5 Å². The Morgan fingerprint density at radius 2 is 1.62 bits per heavy atom. The number of benzene rings is 2. The molecule has 0 spiro atoms. The van der Waals surface area contributed by atoms with Gasteiger partial charge in [0.2, 0.25) is 16.8 Å². The van der Waals surface area contributed by atoms with Crippen LogP contribution < -0.4 is 14.4 Å². The van der Waals surface area contributed by atoms with Gasteiger partial charge in [0.15, 0.2) is 11.5 Å². The van der Waals surface area contributed by atoms with Gasteiger partial charge in [-0.3, -0.25) is 0 Å². The zero-order chi connectivity index (χ0) is 18.0. The van der Waals surface area contributed by atoms with Gasteiger partial charge in [-0.1, -0.05) is 30.3 Å². The van der Waals surface area contributed by atoms with Crippen molar-refractivity contribution in [1.82, 2.24) is 4.31 Å². The molecule has 2 heterocycles. The summed E-state index contributed by atoms with van der Waals surface area (Å²) in [4.78, 5) is 2.19. The average Bonchev–Trinajstić information content (AvgIpc) is 3.15. The monoisotopic (exact) mass is 374 g/mol. The summed E-state index contributed by atoms with van der Waals surface area (Å²) >= 11 is 0. The fraction of sp³-hybridized carbons (Fsp3) is 0.368. The molecule has 2 aromatic rings. The van der Waals surface area contributed by atoms with Crippen molar-refractivity contribution in [3.05, 3.63) is 54.1 Å². The van der Waals surface area contributed by atoms with Crippen molar-refractivity contribution in [3.8, 4) is 11.5 Å². The van der Waals surface area contributed by atoms with E-state index in [1.54, 1.807) is 4.31 Å². The zero-order valence-electron chi connectivity index (χ0n) is 14.5. The summed E-state index contributed by atoms with van der Waals surface area (Å²) in [5.74, 6) is 1.66. The van der Waals surface area contributed by atoms with Gasteiger partial charge in [0.25, 0.3) is 0 Å². The Morgan fingerprint density at radius 3 is 2.38 bits per heavy atom. The molecule has 0 aromatic heterocycles. The first kappa shape index (κ1) is 17.2. The van der Waals surface area contributed by atoms with Crippen LogP contribution in [0.4, 0.5) is 5.69 Å². The molecule has 1 fully saturated rings. The predicted octanol–water partition coefficient (Wildman–Crippen LogP) is 2.11. The second kappa shape index (κ2) is 7.17. The lowest BCUT2D eigenvalue weighted by Gasteiger charge is -2.35. The van der Waals surface area contributed by atoms with Crippen LogP contribution in [0.1, 0.15) is 5.56 Å². The fourth-order valence-electron chi connectivity index (χ4n) is 3.33. The first-order valence-corrected chi connectivity index (χ1v) is 10.4. The van der Waals surface area contributed by atoms with Gasteiger partial charge in [-0.15, -0.1) is 0 Å². The second-order valence-electron chi connectivity index (χ2n) is 6.48. The molecule has 138 valence electrons. The number of hydrogen-bond acceptors (Lipinski definition) is 5. The van der Waals surface area contributed by atoms with Gasteiger partial charge in [-0.2, -0.15) is 4.31 Å². The van der Waals surface area contributed by atoms with Crippen LogP contribution in [-0.2, 0) is 16.4 Å². The number of anilines is 1. The van der Waals surface area contributed by atoms with E-state index in [0.717, 1.165) is 22.7 Å². The van der Waals surface area contributed by atoms with E-state index in [2.05, 4.69) is 4.90 Å². The van der Waals surface area contributed by atoms with E-state index in [1.165, 1.54) is 0 Å². The molecule has 4 rings (SSSR count). The van der Waals surface area contributed by atoms with Crippen LogP contribution in [0, 0.1) is 0 Å². The SMILES string of the molecule is O=S(=O)(CCc1ccccc1)N1CCN(c2ccc3c(c2)OCO3)CC1. The summed E-state index contributed by atoms with van der Waals surface area (Å²) < 4.78 is 37.6. The van der Waals surface area contributed by atoms with Gasteiger partial charge >= 0.3 is 0 Å². The lowest BCUT2D eigenvalue weighted by Crippen LogP contribution is -2.49. The van der Waals surface area contributed by atoms with Crippen molar-refractivity contribution in [1.29, 1.82) is 0 Å². The first-order valence-electron chi connectivity index (χ1n) is 8.78.